The number of pyridine rings is 1. The lowest BCUT2D eigenvalue weighted by molar-refractivity contribution is -0.0976. The normalized spacial score (nSPS) is 23.8. The number of hydrogen-bond acceptors (Lipinski definition) is 4. The second-order valence-corrected chi connectivity index (χ2v) is 6.08. The minimum absolute atomic E-state index is 0.0772. The zero-order valence-electron chi connectivity index (χ0n) is 12.9. The van der Waals surface area contributed by atoms with Gasteiger partial charge in [-0.3, -0.25) is 4.98 Å². The first-order valence-electron chi connectivity index (χ1n) is 7.16. The summed E-state index contributed by atoms with van der Waals surface area (Å²) in [5.74, 6) is 0. The van der Waals surface area contributed by atoms with E-state index in [1.807, 2.05) is 26.8 Å². The van der Waals surface area contributed by atoms with Crippen molar-refractivity contribution in [2.24, 2.45) is 5.41 Å². The molecule has 1 saturated carbocycles. The number of nitriles is 1. The molecular formula is C16H23N3O. The van der Waals surface area contributed by atoms with Crippen molar-refractivity contribution in [3.63, 3.8) is 0 Å². The van der Waals surface area contributed by atoms with Crippen LogP contribution < -0.4 is 5.32 Å². The van der Waals surface area contributed by atoms with Gasteiger partial charge in [-0.2, -0.15) is 5.26 Å². The number of hydrogen-bond donors (Lipinski definition) is 1. The van der Waals surface area contributed by atoms with Crippen LogP contribution in [0.3, 0.4) is 0 Å². The Morgan fingerprint density at radius 3 is 2.75 bits per heavy atom. The summed E-state index contributed by atoms with van der Waals surface area (Å²) in [7, 11) is 0. The summed E-state index contributed by atoms with van der Waals surface area (Å²) in [4.78, 5) is 4.35. The highest BCUT2D eigenvalue weighted by Crippen LogP contribution is 2.44. The topological polar surface area (TPSA) is 57.9 Å². The number of aromatic nitrogens is 1. The number of nitrogens with zero attached hydrogens (tertiary/aromatic N) is 2. The van der Waals surface area contributed by atoms with Gasteiger partial charge in [0, 0.05) is 23.8 Å². The quantitative estimate of drug-likeness (QED) is 0.915. The molecule has 2 atom stereocenters. The van der Waals surface area contributed by atoms with Crippen LogP contribution in [-0.4, -0.2) is 23.7 Å². The zero-order chi connectivity index (χ0) is 14.9. The van der Waals surface area contributed by atoms with Gasteiger partial charge in [-0.15, -0.1) is 0 Å². The molecule has 0 bridgehead atoms. The van der Waals surface area contributed by atoms with Gasteiger partial charge in [0.15, 0.2) is 0 Å². The molecule has 108 valence electrons. The predicted molar refractivity (Wildman–Crippen MR) is 79.6 cm³/mol. The highest BCUT2D eigenvalue weighted by atomic mass is 16.5. The zero-order valence-corrected chi connectivity index (χ0v) is 12.9. The summed E-state index contributed by atoms with van der Waals surface area (Å²) in [6.45, 7) is 11.0. The molecule has 0 aliphatic heterocycles. The van der Waals surface area contributed by atoms with E-state index >= 15 is 0 Å². The van der Waals surface area contributed by atoms with E-state index in [-0.39, 0.29) is 5.41 Å². The maximum Gasteiger partial charge on any atom is 0.103 e. The van der Waals surface area contributed by atoms with Gasteiger partial charge in [-0.1, -0.05) is 13.8 Å². The Hall–Kier alpha value is -1.60. The maximum absolute atomic E-state index is 9.31. The molecule has 1 aromatic rings. The largest absolute Gasteiger partial charge is 0.380 e. The molecule has 4 heteroatoms. The summed E-state index contributed by atoms with van der Waals surface area (Å²) in [6.07, 6.45) is 1.27. The summed E-state index contributed by atoms with van der Waals surface area (Å²) in [6, 6.07) is 4.53. The van der Waals surface area contributed by atoms with Gasteiger partial charge in [0.1, 0.15) is 6.07 Å². The molecule has 0 spiro atoms. The summed E-state index contributed by atoms with van der Waals surface area (Å²) in [5.41, 5.74) is 3.33. The van der Waals surface area contributed by atoms with Crippen molar-refractivity contribution in [3.8, 4) is 6.07 Å². The van der Waals surface area contributed by atoms with E-state index in [1.54, 1.807) is 0 Å². The molecule has 0 radical (unpaired) electrons. The second-order valence-electron chi connectivity index (χ2n) is 6.08. The average Bonchev–Trinajstić information content (AvgIpc) is 2.37. The molecule has 1 aromatic heterocycles. The Morgan fingerprint density at radius 1 is 1.50 bits per heavy atom. The fourth-order valence-corrected chi connectivity index (χ4v) is 2.89. The third-order valence-corrected chi connectivity index (χ3v) is 4.32. The van der Waals surface area contributed by atoms with Crippen molar-refractivity contribution >= 4 is 5.69 Å². The van der Waals surface area contributed by atoms with Crippen molar-refractivity contribution in [1.29, 1.82) is 5.26 Å². The molecule has 4 nitrogen and oxygen atoms in total. The van der Waals surface area contributed by atoms with Crippen molar-refractivity contribution in [2.75, 3.05) is 11.9 Å². The standard InChI is InChI=1S/C16H23N3O/c1-6-20-15-8-14(16(15,4)5)19-13-7-10(2)18-11(3)12(13)9-17/h7,14-15H,6,8H2,1-5H3,(H,18,19). The second kappa shape index (κ2) is 5.41. The average molecular weight is 273 g/mol. The van der Waals surface area contributed by atoms with E-state index in [9.17, 15) is 5.26 Å². The minimum atomic E-state index is 0.0772. The van der Waals surface area contributed by atoms with Crippen LogP contribution >= 0.6 is 0 Å². The molecular weight excluding hydrogens is 250 g/mol. The lowest BCUT2D eigenvalue weighted by atomic mass is 9.64. The van der Waals surface area contributed by atoms with Crippen LogP contribution in [0.15, 0.2) is 6.07 Å². The van der Waals surface area contributed by atoms with Gasteiger partial charge < -0.3 is 10.1 Å². The highest BCUT2D eigenvalue weighted by molar-refractivity contribution is 5.60. The number of anilines is 1. The Balaban J connectivity index is 2.19. The van der Waals surface area contributed by atoms with Gasteiger partial charge in [-0.25, -0.2) is 0 Å². The molecule has 20 heavy (non-hydrogen) atoms. The van der Waals surface area contributed by atoms with E-state index in [0.29, 0.717) is 17.7 Å². The fourth-order valence-electron chi connectivity index (χ4n) is 2.89. The molecule has 1 heterocycles. The Labute approximate surface area is 121 Å². The van der Waals surface area contributed by atoms with Gasteiger partial charge in [0.05, 0.1) is 23.0 Å². The van der Waals surface area contributed by atoms with Crippen LogP contribution in [0.1, 0.15) is 44.1 Å². The lowest BCUT2D eigenvalue weighted by Crippen LogP contribution is -2.58. The summed E-state index contributed by atoms with van der Waals surface area (Å²) < 4.78 is 5.75. The van der Waals surface area contributed by atoms with Crippen molar-refractivity contribution in [3.05, 3.63) is 23.0 Å². The van der Waals surface area contributed by atoms with Gasteiger partial charge in [-0.05, 0) is 33.3 Å². The fraction of sp³-hybridized carbons (Fsp3) is 0.625. The van der Waals surface area contributed by atoms with Crippen molar-refractivity contribution in [1.82, 2.24) is 4.98 Å². The molecule has 1 N–H and O–H groups in total. The molecule has 1 aliphatic carbocycles. The molecule has 0 saturated heterocycles. The number of ether oxygens (including phenoxy) is 1. The molecule has 1 fully saturated rings. The number of aryl methyl sites for hydroxylation is 2. The van der Waals surface area contributed by atoms with E-state index in [2.05, 4.69) is 30.2 Å². The Morgan fingerprint density at radius 2 is 2.20 bits per heavy atom. The third kappa shape index (κ3) is 2.51. The summed E-state index contributed by atoms with van der Waals surface area (Å²) >= 11 is 0. The lowest BCUT2D eigenvalue weighted by Gasteiger charge is -2.52. The van der Waals surface area contributed by atoms with E-state index in [1.165, 1.54) is 0 Å². The molecule has 1 aliphatic rings. The SMILES string of the molecule is CCOC1CC(Nc2cc(C)nc(C)c2C#N)C1(C)C. The van der Waals surface area contributed by atoms with Crippen LogP contribution in [0.5, 0.6) is 0 Å². The molecule has 0 amide bonds. The Bertz CT molecular complexity index is 545. The van der Waals surface area contributed by atoms with Crippen LogP contribution in [0.4, 0.5) is 5.69 Å². The van der Waals surface area contributed by atoms with Crippen LogP contribution in [0.2, 0.25) is 0 Å². The molecule has 2 rings (SSSR count). The van der Waals surface area contributed by atoms with Crippen molar-refractivity contribution < 1.29 is 4.74 Å². The first-order valence-corrected chi connectivity index (χ1v) is 7.16. The van der Waals surface area contributed by atoms with Crippen LogP contribution in [-0.2, 0) is 4.74 Å². The minimum Gasteiger partial charge on any atom is -0.380 e. The van der Waals surface area contributed by atoms with E-state index in [4.69, 9.17) is 4.74 Å². The van der Waals surface area contributed by atoms with Crippen LogP contribution in [0, 0.1) is 30.6 Å². The van der Waals surface area contributed by atoms with E-state index in [0.717, 1.165) is 30.1 Å². The van der Waals surface area contributed by atoms with Gasteiger partial charge in [0.25, 0.3) is 0 Å². The summed E-state index contributed by atoms with van der Waals surface area (Å²) in [5, 5.41) is 12.8. The Kier molecular flexibility index (Phi) is 4.01. The molecule has 0 aromatic carbocycles. The predicted octanol–water partition coefficient (Wildman–Crippen LogP) is 3.19. The smallest absolute Gasteiger partial charge is 0.103 e. The van der Waals surface area contributed by atoms with E-state index < -0.39 is 0 Å². The first-order chi connectivity index (χ1) is 9.40. The number of rotatable bonds is 4. The monoisotopic (exact) mass is 273 g/mol. The third-order valence-electron chi connectivity index (χ3n) is 4.32. The van der Waals surface area contributed by atoms with Gasteiger partial charge in [0.2, 0.25) is 0 Å². The van der Waals surface area contributed by atoms with Gasteiger partial charge >= 0.3 is 0 Å². The highest BCUT2D eigenvalue weighted by Gasteiger charge is 2.49. The first kappa shape index (κ1) is 14.8. The molecule has 2 unspecified atom stereocenters. The van der Waals surface area contributed by atoms with Crippen molar-refractivity contribution in [2.45, 2.75) is 53.2 Å². The maximum atomic E-state index is 9.31. The number of nitrogens with one attached hydrogen (secondary N) is 1. The van der Waals surface area contributed by atoms with Crippen LogP contribution in [0.25, 0.3) is 0 Å².